The normalized spacial score (nSPS) is 17.1. The van der Waals surface area contributed by atoms with Crippen LogP contribution >= 0.6 is 0 Å². The maximum Gasteiger partial charge on any atom is 0.320 e. The summed E-state index contributed by atoms with van der Waals surface area (Å²) in [5.74, 6) is -0.837. The molecule has 0 heterocycles. The summed E-state index contributed by atoms with van der Waals surface area (Å²) in [5, 5.41) is 21.2. The van der Waals surface area contributed by atoms with E-state index in [1.807, 2.05) is 20.8 Å². The Morgan fingerprint density at radius 1 is 1.47 bits per heavy atom. The minimum Gasteiger partial charge on any atom is -0.480 e. The second-order valence-electron chi connectivity index (χ2n) is 4.25. The summed E-state index contributed by atoms with van der Waals surface area (Å²) in [6, 6.07) is -0.554. The lowest BCUT2D eigenvalue weighted by Crippen LogP contribution is -2.53. The smallest absolute Gasteiger partial charge is 0.320 e. The molecule has 4 heteroatoms. The van der Waals surface area contributed by atoms with Crippen molar-refractivity contribution in [2.75, 3.05) is 6.61 Å². The lowest BCUT2D eigenvalue weighted by Gasteiger charge is -2.31. The van der Waals surface area contributed by atoms with Crippen LogP contribution in [-0.4, -0.2) is 34.4 Å². The molecule has 0 saturated carbocycles. The molecular formula is C11H23NO3. The highest BCUT2D eigenvalue weighted by Crippen LogP contribution is 2.12. The minimum absolute atomic E-state index is 0.0423. The number of unbranched alkanes of at least 4 members (excludes halogenated alkanes) is 1. The molecule has 0 aromatic carbocycles. The van der Waals surface area contributed by atoms with Crippen molar-refractivity contribution in [3.8, 4) is 0 Å². The topological polar surface area (TPSA) is 69.6 Å². The van der Waals surface area contributed by atoms with Crippen LogP contribution in [0.4, 0.5) is 0 Å². The highest BCUT2D eigenvalue weighted by molar-refractivity contribution is 5.73. The molecule has 0 aliphatic rings. The van der Waals surface area contributed by atoms with Crippen LogP contribution in [0.5, 0.6) is 0 Å². The van der Waals surface area contributed by atoms with Crippen LogP contribution in [0.3, 0.4) is 0 Å². The van der Waals surface area contributed by atoms with Crippen LogP contribution in [0.15, 0.2) is 0 Å². The molecule has 0 rings (SSSR count). The number of aliphatic carboxylic acids is 1. The number of hydrogen-bond acceptors (Lipinski definition) is 3. The first-order valence-electron chi connectivity index (χ1n) is 5.60. The number of carboxylic acids is 1. The van der Waals surface area contributed by atoms with Gasteiger partial charge in [0, 0.05) is 5.54 Å². The molecule has 2 unspecified atom stereocenters. The number of rotatable bonds is 8. The van der Waals surface area contributed by atoms with E-state index in [1.165, 1.54) is 0 Å². The van der Waals surface area contributed by atoms with E-state index in [0.29, 0.717) is 12.8 Å². The van der Waals surface area contributed by atoms with Crippen molar-refractivity contribution in [2.24, 2.45) is 0 Å². The third-order valence-corrected chi connectivity index (χ3v) is 2.80. The SMILES string of the molecule is CCCCC(NC(C)(CC)CO)C(=O)O. The Kier molecular flexibility index (Phi) is 6.52. The zero-order valence-electron chi connectivity index (χ0n) is 9.92. The summed E-state index contributed by atoms with van der Waals surface area (Å²) < 4.78 is 0. The molecule has 4 nitrogen and oxygen atoms in total. The Labute approximate surface area is 91.7 Å². The predicted molar refractivity (Wildman–Crippen MR) is 59.9 cm³/mol. The number of hydrogen-bond donors (Lipinski definition) is 3. The van der Waals surface area contributed by atoms with Gasteiger partial charge in [0.05, 0.1) is 6.61 Å². The standard InChI is InChI=1S/C11H23NO3/c1-4-6-7-9(10(14)15)12-11(3,5-2)8-13/h9,12-13H,4-8H2,1-3H3,(H,14,15). The second kappa shape index (κ2) is 6.80. The number of carboxylic acid groups (broad SMARTS) is 1. The van der Waals surface area contributed by atoms with Crippen molar-refractivity contribution in [3.05, 3.63) is 0 Å². The van der Waals surface area contributed by atoms with Crippen LogP contribution in [0, 0.1) is 0 Å². The van der Waals surface area contributed by atoms with Crippen molar-refractivity contribution in [1.82, 2.24) is 5.32 Å². The summed E-state index contributed by atoms with van der Waals surface area (Å²) in [5.41, 5.74) is -0.489. The highest BCUT2D eigenvalue weighted by atomic mass is 16.4. The molecule has 0 bridgehead atoms. The molecule has 0 amide bonds. The van der Waals surface area contributed by atoms with Crippen molar-refractivity contribution in [1.29, 1.82) is 0 Å². The van der Waals surface area contributed by atoms with Crippen LogP contribution in [-0.2, 0) is 4.79 Å². The Balaban J connectivity index is 4.32. The maximum atomic E-state index is 11.0. The maximum absolute atomic E-state index is 11.0. The fraction of sp³-hybridized carbons (Fsp3) is 0.909. The van der Waals surface area contributed by atoms with Crippen LogP contribution in [0.2, 0.25) is 0 Å². The number of aliphatic hydroxyl groups excluding tert-OH is 1. The first-order valence-corrected chi connectivity index (χ1v) is 5.60. The van der Waals surface area contributed by atoms with Gasteiger partial charge in [-0.2, -0.15) is 0 Å². The van der Waals surface area contributed by atoms with E-state index in [0.717, 1.165) is 12.8 Å². The third-order valence-electron chi connectivity index (χ3n) is 2.80. The molecule has 15 heavy (non-hydrogen) atoms. The van der Waals surface area contributed by atoms with Crippen LogP contribution in [0.1, 0.15) is 46.5 Å². The van der Waals surface area contributed by atoms with E-state index in [-0.39, 0.29) is 6.61 Å². The van der Waals surface area contributed by atoms with E-state index in [1.54, 1.807) is 0 Å². The molecule has 0 radical (unpaired) electrons. The minimum atomic E-state index is -0.837. The quantitative estimate of drug-likeness (QED) is 0.574. The highest BCUT2D eigenvalue weighted by Gasteiger charge is 2.27. The average molecular weight is 217 g/mol. The van der Waals surface area contributed by atoms with Gasteiger partial charge in [-0.3, -0.25) is 10.1 Å². The summed E-state index contributed by atoms with van der Waals surface area (Å²) in [4.78, 5) is 11.0. The molecule has 0 aliphatic carbocycles. The average Bonchev–Trinajstić information content (AvgIpc) is 2.23. The van der Waals surface area contributed by atoms with Gasteiger partial charge in [-0.15, -0.1) is 0 Å². The zero-order chi connectivity index (χ0) is 11.9. The molecule has 0 aromatic rings. The number of carbonyl (C=O) groups is 1. The van der Waals surface area contributed by atoms with Crippen molar-refractivity contribution < 1.29 is 15.0 Å². The molecule has 0 fully saturated rings. The summed E-state index contributed by atoms with van der Waals surface area (Å²) in [6.45, 7) is 5.76. The summed E-state index contributed by atoms with van der Waals surface area (Å²) >= 11 is 0. The van der Waals surface area contributed by atoms with Crippen LogP contribution < -0.4 is 5.32 Å². The van der Waals surface area contributed by atoms with Crippen LogP contribution in [0.25, 0.3) is 0 Å². The van der Waals surface area contributed by atoms with Crippen molar-refractivity contribution >= 4 is 5.97 Å². The monoisotopic (exact) mass is 217 g/mol. The van der Waals surface area contributed by atoms with E-state index in [2.05, 4.69) is 5.32 Å². The first kappa shape index (κ1) is 14.4. The number of aliphatic hydroxyl groups is 1. The molecule has 90 valence electrons. The molecule has 0 spiro atoms. The number of nitrogens with one attached hydrogen (secondary N) is 1. The Morgan fingerprint density at radius 3 is 2.40 bits per heavy atom. The van der Waals surface area contributed by atoms with Gasteiger partial charge in [0.15, 0.2) is 0 Å². The predicted octanol–water partition coefficient (Wildman–Crippen LogP) is 1.38. The van der Waals surface area contributed by atoms with Gasteiger partial charge >= 0.3 is 5.97 Å². The van der Waals surface area contributed by atoms with E-state index in [4.69, 9.17) is 5.11 Å². The van der Waals surface area contributed by atoms with Gasteiger partial charge in [-0.1, -0.05) is 26.7 Å². The molecular weight excluding hydrogens is 194 g/mol. The molecule has 0 aromatic heterocycles. The van der Waals surface area contributed by atoms with Gasteiger partial charge in [0.1, 0.15) is 6.04 Å². The summed E-state index contributed by atoms with van der Waals surface area (Å²) in [7, 11) is 0. The first-order chi connectivity index (χ1) is 6.99. The fourth-order valence-electron chi connectivity index (χ4n) is 1.35. The van der Waals surface area contributed by atoms with Crippen molar-refractivity contribution in [3.63, 3.8) is 0 Å². The third kappa shape index (κ3) is 5.14. The van der Waals surface area contributed by atoms with Gasteiger partial charge < -0.3 is 10.2 Å². The zero-order valence-corrected chi connectivity index (χ0v) is 9.92. The summed E-state index contributed by atoms with van der Waals surface area (Å²) in [6.07, 6.45) is 3.18. The lowest BCUT2D eigenvalue weighted by molar-refractivity contribution is -0.140. The molecule has 2 atom stereocenters. The van der Waals surface area contributed by atoms with Gasteiger partial charge in [0.2, 0.25) is 0 Å². The molecule has 0 saturated heterocycles. The van der Waals surface area contributed by atoms with Gasteiger partial charge in [0.25, 0.3) is 0 Å². The largest absolute Gasteiger partial charge is 0.480 e. The second-order valence-corrected chi connectivity index (χ2v) is 4.25. The fourth-order valence-corrected chi connectivity index (χ4v) is 1.35. The molecule has 0 aliphatic heterocycles. The lowest BCUT2D eigenvalue weighted by atomic mass is 9.97. The van der Waals surface area contributed by atoms with Gasteiger partial charge in [-0.25, -0.2) is 0 Å². The Morgan fingerprint density at radius 2 is 2.07 bits per heavy atom. The Bertz CT molecular complexity index is 190. The van der Waals surface area contributed by atoms with Gasteiger partial charge in [-0.05, 0) is 19.8 Å². The van der Waals surface area contributed by atoms with E-state index in [9.17, 15) is 9.90 Å². The molecule has 3 N–H and O–H groups in total. The Hall–Kier alpha value is -0.610. The van der Waals surface area contributed by atoms with Crippen molar-refractivity contribution in [2.45, 2.75) is 58.0 Å². The van der Waals surface area contributed by atoms with E-state index >= 15 is 0 Å². The van der Waals surface area contributed by atoms with E-state index < -0.39 is 17.6 Å².